The van der Waals surface area contributed by atoms with Crippen LogP contribution in [0.5, 0.6) is 0 Å². The lowest BCUT2D eigenvalue weighted by Gasteiger charge is -2.06. The molecule has 0 saturated heterocycles. The Labute approximate surface area is 107 Å². The van der Waals surface area contributed by atoms with Crippen molar-refractivity contribution in [3.8, 4) is 0 Å². The summed E-state index contributed by atoms with van der Waals surface area (Å²) in [5.74, 6) is -1.92. The minimum absolute atomic E-state index is 0.236. The van der Waals surface area contributed by atoms with E-state index in [1.807, 2.05) is 0 Å². The van der Waals surface area contributed by atoms with Crippen LogP contribution in [0.25, 0.3) is 0 Å². The van der Waals surface area contributed by atoms with Crippen molar-refractivity contribution in [1.82, 2.24) is 0 Å². The average molecular weight is 269 g/mol. The van der Waals surface area contributed by atoms with Crippen LogP contribution in [0.2, 0.25) is 0 Å². The SMILES string of the molecule is Nc1cc(F)ccc1SCc1cccc(F)c1F. The zero-order valence-electron chi connectivity index (χ0n) is 9.29. The number of hydrogen-bond donors (Lipinski definition) is 1. The molecule has 2 rings (SSSR count). The van der Waals surface area contributed by atoms with Gasteiger partial charge in [-0.05, 0) is 24.3 Å². The third-order valence-electron chi connectivity index (χ3n) is 2.39. The zero-order chi connectivity index (χ0) is 13.1. The van der Waals surface area contributed by atoms with Gasteiger partial charge in [-0.25, -0.2) is 13.2 Å². The molecule has 0 heterocycles. The van der Waals surface area contributed by atoms with Gasteiger partial charge in [-0.1, -0.05) is 12.1 Å². The molecule has 0 aromatic heterocycles. The summed E-state index contributed by atoms with van der Waals surface area (Å²) in [4.78, 5) is 0.639. The van der Waals surface area contributed by atoms with Gasteiger partial charge in [-0.3, -0.25) is 0 Å². The highest BCUT2D eigenvalue weighted by Crippen LogP contribution is 2.29. The van der Waals surface area contributed by atoms with E-state index in [1.165, 1.54) is 42.1 Å². The summed E-state index contributed by atoms with van der Waals surface area (Å²) in [5.41, 5.74) is 6.17. The summed E-state index contributed by atoms with van der Waals surface area (Å²) in [6.45, 7) is 0. The van der Waals surface area contributed by atoms with Gasteiger partial charge in [0.05, 0.1) is 0 Å². The van der Waals surface area contributed by atoms with Crippen LogP contribution in [0.3, 0.4) is 0 Å². The van der Waals surface area contributed by atoms with Crippen LogP contribution in [-0.4, -0.2) is 0 Å². The molecule has 0 radical (unpaired) electrons. The smallest absolute Gasteiger partial charge is 0.162 e. The van der Waals surface area contributed by atoms with E-state index in [1.54, 1.807) is 0 Å². The maximum Gasteiger partial charge on any atom is 0.162 e. The quantitative estimate of drug-likeness (QED) is 0.673. The third kappa shape index (κ3) is 2.79. The second-order valence-corrected chi connectivity index (χ2v) is 4.70. The lowest BCUT2D eigenvalue weighted by atomic mass is 10.2. The Morgan fingerprint density at radius 2 is 1.83 bits per heavy atom. The fourth-order valence-corrected chi connectivity index (χ4v) is 2.39. The highest BCUT2D eigenvalue weighted by atomic mass is 32.2. The van der Waals surface area contributed by atoms with Gasteiger partial charge in [0, 0.05) is 21.9 Å². The van der Waals surface area contributed by atoms with Crippen LogP contribution < -0.4 is 5.73 Å². The predicted octanol–water partition coefficient (Wildman–Crippen LogP) is 3.98. The molecule has 0 aliphatic heterocycles. The first-order valence-corrected chi connectivity index (χ1v) is 6.17. The maximum absolute atomic E-state index is 13.4. The second kappa shape index (κ2) is 5.35. The number of nitrogens with two attached hydrogens (primary N) is 1. The molecule has 0 aliphatic rings. The van der Waals surface area contributed by atoms with Gasteiger partial charge in [0.1, 0.15) is 5.82 Å². The Balaban J connectivity index is 2.14. The number of thioether (sulfide) groups is 1. The molecular formula is C13H10F3NS. The minimum atomic E-state index is -0.875. The van der Waals surface area contributed by atoms with Gasteiger partial charge in [0.25, 0.3) is 0 Å². The number of halogens is 3. The standard InChI is InChI=1S/C13H10F3NS/c14-9-4-5-12(11(17)6-9)18-7-8-2-1-3-10(15)13(8)16/h1-6H,7,17H2. The monoisotopic (exact) mass is 269 g/mol. The molecule has 2 N–H and O–H groups in total. The molecule has 94 valence electrons. The molecule has 0 bridgehead atoms. The largest absolute Gasteiger partial charge is 0.398 e. The highest BCUT2D eigenvalue weighted by Gasteiger charge is 2.09. The minimum Gasteiger partial charge on any atom is -0.398 e. The van der Waals surface area contributed by atoms with Crippen molar-refractivity contribution in [2.75, 3.05) is 5.73 Å². The van der Waals surface area contributed by atoms with Gasteiger partial charge in [0.15, 0.2) is 11.6 Å². The topological polar surface area (TPSA) is 26.0 Å². The highest BCUT2D eigenvalue weighted by molar-refractivity contribution is 7.98. The summed E-state index contributed by atoms with van der Waals surface area (Å²) in [6.07, 6.45) is 0. The molecule has 18 heavy (non-hydrogen) atoms. The summed E-state index contributed by atoms with van der Waals surface area (Å²) in [5, 5.41) is 0. The molecule has 0 unspecified atom stereocenters. The van der Waals surface area contributed by atoms with Gasteiger partial charge in [-0.2, -0.15) is 0 Å². The maximum atomic E-state index is 13.4. The zero-order valence-corrected chi connectivity index (χ0v) is 10.1. The van der Waals surface area contributed by atoms with Crippen LogP contribution in [0.1, 0.15) is 5.56 Å². The van der Waals surface area contributed by atoms with Crippen molar-refractivity contribution < 1.29 is 13.2 Å². The summed E-state index contributed by atoms with van der Waals surface area (Å²) >= 11 is 1.23. The number of hydrogen-bond acceptors (Lipinski definition) is 2. The van der Waals surface area contributed by atoms with Crippen molar-refractivity contribution in [1.29, 1.82) is 0 Å². The Hall–Kier alpha value is -1.62. The molecular weight excluding hydrogens is 259 g/mol. The van der Waals surface area contributed by atoms with Crippen molar-refractivity contribution in [2.24, 2.45) is 0 Å². The van der Waals surface area contributed by atoms with E-state index in [-0.39, 0.29) is 17.0 Å². The summed E-state index contributed by atoms with van der Waals surface area (Å²) in [6, 6.07) is 8.01. The first-order chi connectivity index (χ1) is 8.58. The summed E-state index contributed by atoms with van der Waals surface area (Å²) in [7, 11) is 0. The lowest BCUT2D eigenvalue weighted by Crippen LogP contribution is -1.93. The molecule has 2 aromatic rings. The van der Waals surface area contributed by atoms with E-state index in [2.05, 4.69) is 0 Å². The van der Waals surface area contributed by atoms with Gasteiger partial charge >= 0.3 is 0 Å². The average Bonchev–Trinajstić information content (AvgIpc) is 2.33. The third-order valence-corrected chi connectivity index (χ3v) is 3.52. The van der Waals surface area contributed by atoms with Crippen molar-refractivity contribution in [2.45, 2.75) is 10.6 Å². The van der Waals surface area contributed by atoms with E-state index in [0.29, 0.717) is 4.90 Å². The van der Waals surface area contributed by atoms with Crippen molar-refractivity contribution in [3.63, 3.8) is 0 Å². The Kier molecular flexibility index (Phi) is 3.81. The van der Waals surface area contributed by atoms with Gasteiger partial charge in [0.2, 0.25) is 0 Å². The molecule has 0 saturated carbocycles. The van der Waals surface area contributed by atoms with Crippen molar-refractivity contribution >= 4 is 17.4 Å². The molecule has 1 nitrogen and oxygen atoms in total. The van der Waals surface area contributed by atoms with E-state index in [0.717, 1.165) is 6.07 Å². The number of benzene rings is 2. The van der Waals surface area contributed by atoms with Crippen LogP contribution in [-0.2, 0) is 5.75 Å². The van der Waals surface area contributed by atoms with Crippen LogP contribution in [0, 0.1) is 17.5 Å². The number of nitrogen functional groups attached to an aromatic ring is 1. The van der Waals surface area contributed by atoms with E-state index in [9.17, 15) is 13.2 Å². The molecule has 5 heteroatoms. The van der Waals surface area contributed by atoms with E-state index in [4.69, 9.17) is 5.73 Å². The second-order valence-electron chi connectivity index (χ2n) is 3.68. The Morgan fingerprint density at radius 1 is 1.06 bits per heavy atom. The van der Waals surface area contributed by atoms with E-state index < -0.39 is 17.5 Å². The van der Waals surface area contributed by atoms with E-state index >= 15 is 0 Å². The number of anilines is 1. The molecule has 0 atom stereocenters. The fourth-order valence-electron chi connectivity index (χ4n) is 1.47. The van der Waals surface area contributed by atoms with Gasteiger partial charge in [-0.15, -0.1) is 11.8 Å². The van der Waals surface area contributed by atoms with Crippen LogP contribution >= 0.6 is 11.8 Å². The molecule has 0 fully saturated rings. The first kappa shape index (κ1) is 12.8. The molecule has 0 amide bonds. The molecule has 0 spiro atoms. The Morgan fingerprint density at radius 3 is 2.56 bits per heavy atom. The number of rotatable bonds is 3. The fraction of sp³-hybridized carbons (Fsp3) is 0.0769. The van der Waals surface area contributed by atoms with Crippen LogP contribution in [0.4, 0.5) is 18.9 Å². The van der Waals surface area contributed by atoms with Crippen molar-refractivity contribution in [3.05, 3.63) is 59.4 Å². The Bertz CT molecular complexity index is 572. The molecule has 0 aliphatic carbocycles. The lowest BCUT2D eigenvalue weighted by molar-refractivity contribution is 0.502. The summed E-state index contributed by atoms with van der Waals surface area (Å²) < 4.78 is 39.2. The predicted molar refractivity (Wildman–Crippen MR) is 66.7 cm³/mol. The van der Waals surface area contributed by atoms with Crippen LogP contribution in [0.15, 0.2) is 41.3 Å². The first-order valence-electron chi connectivity index (χ1n) is 5.18. The normalized spacial score (nSPS) is 10.6. The molecule has 2 aromatic carbocycles. The van der Waals surface area contributed by atoms with Gasteiger partial charge < -0.3 is 5.73 Å².